The van der Waals surface area contributed by atoms with Gasteiger partial charge in [-0.1, -0.05) is 12.1 Å². The first kappa shape index (κ1) is 17.0. The largest absolute Gasteiger partial charge is 0.331 e. The zero-order chi connectivity index (χ0) is 18.1. The van der Waals surface area contributed by atoms with E-state index < -0.39 is 0 Å². The Hall–Kier alpha value is -2.47. The van der Waals surface area contributed by atoms with Crippen molar-refractivity contribution < 1.29 is 0 Å². The summed E-state index contributed by atoms with van der Waals surface area (Å²) < 4.78 is 0. The fourth-order valence-electron chi connectivity index (χ4n) is 2.47. The number of aryl methyl sites for hydroxylation is 1. The van der Waals surface area contributed by atoms with Crippen molar-refractivity contribution in [2.24, 2.45) is 0 Å². The lowest BCUT2D eigenvalue weighted by atomic mass is 10.1. The van der Waals surface area contributed by atoms with Crippen LogP contribution in [0.15, 0.2) is 45.2 Å². The van der Waals surface area contributed by atoms with Gasteiger partial charge < -0.3 is 4.98 Å². The van der Waals surface area contributed by atoms with E-state index in [1.807, 2.05) is 36.7 Å². The van der Waals surface area contributed by atoms with Crippen LogP contribution < -0.4 is 0 Å². The lowest BCUT2D eigenvalue weighted by Gasteiger charge is -2.04. The molecule has 0 atom stereocenters. The Morgan fingerprint density at radius 1 is 1.08 bits per heavy atom. The van der Waals surface area contributed by atoms with Crippen LogP contribution in [0.4, 0.5) is 0 Å². The average molecular weight is 396 g/mol. The van der Waals surface area contributed by atoms with Crippen molar-refractivity contribution in [1.82, 2.24) is 20.2 Å². The molecule has 0 fully saturated rings. The smallest absolute Gasteiger partial charge is 0.172 e. The molecule has 0 aromatic carbocycles. The first-order valence-corrected chi connectivity index (χ1v) is 10.3. The molecule has 8 heteroatoms. The predicted octanol–water partition coefficient (Wildman–Crippen LogP) is 5.30. The quantitative estimate of drug-likeness (QED) is 0.507. The van der Waals surface area contributed by atoms with Gasteiger partial charge in [-0.25, -0.2) is 4.98 Å². The van der Waals surface area contributed by atoms with Gasteiger partial charge in [0.1, 0.15) is 16.8 Å². The van der Waals surface area contributed by atoms with Crippen molar-refractivity contribution in [1.29, 1.82) is 5.26 Å². The maximum atomic E-state index is 9.50. The Morgan fingerprint density at radius 3 is 2.46 bits per heavy atom. The van der Waals surface area contributed by atoms with Gasteiger partial charge in [-0.15, -0.1) is 27.8 Å². The lowest BCUT2D eigenvalue weighted by Crippen LogP contribution is -1.99. The molecule has 0 aliphatic rings. The van der Waals surface area contributed by atoms with Gasteiger partial charge in [0.25, 0.3) is 0 Å². The van der Waals surface area contributed by atoms with Crippen molar-refractivity contribution >= 4 is 34.4 Å². The van der Waals surface area contributed by atoms with Crippen molar-refractivity contribution in [3.63, 3.8) is 0 Å². The molecule has 0 bridgehead atoms. The molecule has 5 nitrogen and oxygen atoms in total. The molecule has 0 amide bonds. The second-order valence-electron chi connectivity index (χ2n) is 5.52. The van der Waals surface area contributed by atoms with Gasteiger partial charge in [-0.05, 0) is 54.1 Å². The molecule has 4 aromatic heterocycles. The van der Waals surface area contributed by atoms with Crippen LogP contribution in [0, 0.1) is 25.2 Å². The summed E-state index contributed by atoms with van der Waals surface area (Å²) in [4.78, 5) is 10.4. The van der Waals surface area contributed by atoms with Gasteiger partial charge in [0.15, 0.2) is 5.16 Å². The van der Waals surface area contributed by atoms with E-state index in [1.165, 1.54) is 11.8 Å². The summed E-state index contributed by atoms with van der Waals surface area (Å²) in [7, 11) is 0. The zero-order valence-corrected chi connectivity index (χ0v) is 16.4. The highest BCUT2D eigenvalue weighted by Crippen LogP contribution is 2.38. The van der Waals surface area contributed by atoms with Crippen molar-refractivity contribution in [2.45, 2.75) is 24.0 Å². The van der Waals surface area contributed by atoms with Crippen LogP contribution in [-0.4, -0.2) is 20.2 Å². The minimum absolute atomic E-state index is 0.550. The molecule has 0 radical (unpaired) electrons. The predicted molar refractivity (Wildman–Crippen MR) is 106 cm³/mol. The number of thiophene rings is 2. The topological polar surface area (TPSA) is 78.2 Å². The van der Waals surface area contributed by atoms with Gasteiger partial charge in [-0.2, -0.15) is 10.4 Å². The number of nitrogens with zero attached hydrogens (tertiary/aromatic N) is 4. The fraction of sp³-hybridized carbons (Fsp3) is 0.111. The van der Waals surface area contributed by atoms with Crippen LogP contribution in [0.2, 0.25) is 0 Å². The van der Waals surface area contributed by atoms with Crippen LogP contribution in [0.3, 0.4) is 0 Å². The minimum atomic E-state index is 0.550. The maximum Gasteiger partial charge on any atom is 0.172 e. The number of nitrogens with one attached hydrogen (secondary N) is 1. The third-order valence-electron chi connectivity index (χ3n) is 3.93. The Kier molecular flexibility index (Phi) is 4.59. The standard InChI is InChI=1S/C18H13N5S3/c1-10-11(2)22-23-17(12(10)9-19)26-18-20-15(13-5-3-7-24-13)16(21-18)14-6-4-8-25-14/h3-8H,1-2H3,(H,20,21). The molecule has 0 saturated heterocycles. The molecular weight excluding hydrogens is 382 g/mol. The molecule has 4 heterocycles. The average Bonchev–Trinajstić information content (AvgIpc) is 3.39. The molecular formula is C18H13N5S3. The summed E-state index contributed by atoms with van der Waals surface area (Å²) in [6.45, 7) is 3.75. The van der Waals surface area contributed by atoms with Crippen molar-refractivity contribution in [3.8, 4) is 27.2 Å². The second kappa shape index (κ2) is 7.03. The highest BCUT2D eigenvalue weighted by molar-refractivity contribution is 7.99. The van der Waals surface area contributed by atoms with E-state index in [1.54, 1.807) is 22.7 Å². The molecule has 26 heavy (non-hydrogen) atoms. The van der Waals surface area contributed by atoms with E-state index in [-0.39, 0.29) is 0 Å². The second-order valence-corrected chi connectivity index (χ2v) is 8.40. The van der Waals surface area contributed by atoms with E-state index in [2.05, 4.69) is 33.4 Å². The van der Waals surface area contributed by atoms with Crippen LogP contribution >= 0.6 is 34.4 Å². The summed E-state index contributed by atoms with van der Waals surface area (Å²) in [6.07, 6.45) is 0. The molecule has 4 rings (SSSR count). The molecule has 1 N–H and O–H groups in total. The zero-order valence-electron chi connectivity index (χ0n) is 14.0. The van der Waals surface area contributed by atoms with Gasteiger partial charge >= 0.3 is 0 Å². The third kappa shape index (κ3) is 3.05. The Balaban J connectivity index is 1.79. The number of hydrogen-bond donors (Lipinski definition) is 1. The Bertz CT molecular complexity index is 1040. The molecule has 128 valence electrons. The van der Waals surface area contributed by atoms with E-state index >= 15 is 0 Å². The van der Waals surface area contributed by atoms with Crippen molar-refractivity contribution in [2.75, 3.05) is 0 Å². The van der Waals surface area contributed by atoms with Gasteiger partial charge in [0.05, 0.1) is 26.7 Å². The number of aromatic amines is 1. The summed E-state index contributed by atoms with van der Waals surface area (Å²) in [5.41, 5.74) is 4.08. The summed E-state index contributed by atoms with van der Waals surface area (Å²) in [5, 5.41) is 23.2. The monoisotopic (exact) mass is 395 g/mol. The number of H-pyrrole nitrogens is 1. The fourth-order valence-corrected chi connectivity index (χ4v) is 4.77. The van der Waals surface area contributed by atoms with Crippen LogP contribution in [-0.2, 0) is 0 Å². The van der Waals surface area contributed by atoms with E-state index in [0.29, 0.717) is 15.7 Å². The maximum absolute atomic E-state index is 9.50. The number of nitriles is 1. The third-order valence-corrected chi connectivity index (χ3v) is 6.56. The SMILES string of the molecule is Cc1nnc(Sc2nc(-c3cccs3)c(-c3cccs3)[nH]2)c(C#N)c1C. The van der Waals surface area contributed by atoms with Crippen LogP contribution in [0.25, 0.3) is 21.1 Å². The molecule has 0 saturated carbocycles. The molecule has 0 aliphatic carbocycles. The number of aromatic nitrogens is 4. The Labute approximate surface area is 162 Å². The van der Waals surface area contributed by atoms with Gasteiger partial charge in [-0.3, -0.25) is 0 Å². The van der Waals surface area contributed by atoms with Crippen LogP contribution in [0.1, 0.15) is 16.8 Å². The minimum Gasteiger partial charge on any atom is -0.331 e. The molecule has 4 aromatic rings. The highest BCUT2D eigenvalue weighted by Gasteiger charge is 2.19. The number of imidazole rings is 1. The first-order valence-electron chi connectivity index (χ1n) is 7.77. The van der Waals surface area contributed by atoms with E-state index in [0.717, 1.165) is 32.4 Å². The van der Waals surface area contributed by atoms with Gasteiger partial charge in [0.2, 0.25) is 0 Å². The summed E-state index contributed by atoms with van der Waals surface area (Å²) in [5.74, 6) is 0. The summed E-state index contributed by atoms with van der Waals surface area (Å²) >= 11 is 4.65. The highest BCUT2D eigenvalue weighted by atomic mass is 32.2. The molecule has 0 spiro atoms. The van der Waals surface area contributed by atoms with Gasteiger partial charge in [0, 0.05) is 0 Å². The Morgan fingerprint density at radius 2 is 1.81 bits per heavy atom. The first-order chi connectivity index (χ1) is 12.7. The van der Waals surface area contributed by atoms with E-state index in [9.17, 15) is 5.26 Å². The number of rotatable bonds is 4. The van der Waals surface area contributed by atoms with Crippen LogP contribution in [0.5, 0.6) is 0 Å². The lowest BCUT2D eigenvalue weighted by molar-refractivity contribution is 0.867. The van der Waals surface area contributed by atoms with Crippen molar-refractivity contribution in [3.05, 3.63) is 51.8 Å². The normalized spacial score (nSPS) is 10.8. The van der Waals surface area contributed by atoms with E-state index in [4.69, 9.17) is 4.98 Å². The number of hydrogen-bond acceptors (Lipinski definition) is 7. The summed E-state index contributed by atoms with van der Waals surface area (Å²) in [6, 6.07) is 10.4. The molecule has 0 unspecified atom stereocenters. The molecule has 0 aliphatic heterocycles.